The predicted molar refractivity (Wildman–Crippen MR) is 117 cm³/mol. The Morgan fingerprint density at radius 2 is 1.77 bits per heavy atom. The normalized spacial score (nSPS) is 18.8. The van der Waals surface area contributed by atoms with Crippen LogP contribution >= 0.6 is 0 Å². The van der Waals surface area contributed by atoms with E-state index in [4.69, 9.17) is 4.74 Å². The summed E-state index contributed by atoms with van der Waals surface area (Å²) in [6.45, 7) is 1.56. The van der Waals surface area contributed by atoms with Gasteiger partial charge in [0.25, 0.3) is 0 Å². The lowest BCUT2D eigenvalue weighted by Crippen LogP contribution is -2.54. The van der Waals surface area contributed by atoms with Crippen molar-refractivity contribution in [3.63, 3.8) is 0 Å². The summed E-state index contributed by atoms with van der Waals surface area (Å²) in [6, 6.07) is 12.3. The molecule has 1 aliphatic heterocycles. The Morgan fingerprint density at radius 1 is 1.10 bits per heavy atom. The Labute approximate surface area is 178 Å². The number of aromatic nitrogens is 1. The minimum atomic E-state index is -0.595. The van der Waals surface area contributed by atoms with Crippen molar-refractivity contribution in [2.75, 3.05) is 40.9 Å². The highest BCUT2D eigenvalue weighted by atomic mass is 16.5. The van der Waals surface area contributed by atoms with Crippen LogP contribution in [-0.2, 0) is 20.7 Å². The molecule has 160 valence electrons. The molecule has 1 atom stereocenters. The number of piperidine rings is 1. The van der Waals surface area contributed by atoms with E-state index in [9.17, 15) is 9.59 Å². The number of likely N-dealkylation sites (tertiary alicyclic amines) is 1. The molecule has 0 spiro atoms. The van der Waals surface area contributed by atoms with Crippen molar-refractivity contribution in [3.05, 3.63) is 54.4 Å². The molecule has 0 radical (unpaired) electrons. The van der Waals surface area contributed by atoms with Gasteiger partial charge >= 0.3 is 0 Å². The fraction of sp³-hybridized carbons (Fsp3) is 0.458. The van der Waals surface area contributed by atoms with Crippen molar-refractivity contribution in [2.24, 2.45) is 5.41 Å². The van der Waals surface area contributed by atoms with Crippen LogP contribution in [0.1, 0.15) is 24.8 Å². The van der Waals surface area contributed by atoms with Gasteiger partial charge in [0.15, 0.2) is 0 Å². The molecular weight excluding hydrogens is 378 g/mol. The lowest BCUT2D eigenvalue weighted by molar-refractivity contribution is -0.147. The zero-order chi connectivity index (χ0) is 21.6. The van der Waals surface area contributed by atoms with Crippen molar-refractivity contribution in [2.45, 2.75) is 25.7 Å². The summed E-state index contributed by atoms with van der Waals surface area (Å²) in [5.74, 6) is 0.144. The monoisotopic (exact) mass is 409 g/mol. The molecule has 0 unspecified atom stereocenters. The SMILES string of the molecule is COCCC(=O)N1CCC[C@](Cc2ccc(-c3ccncc3)cc2)(C(=O)N(C)C)C1. The molecule has 2 aromatic rings. The number of ether oxygens (including phenoxy) is 1. The fourth-order valence-electron chi connectivity index (χ4n) is 4.31. The largest absolute Gasteiger partial charge is 0.384 e. The van der Waals surface area contributed by atoms with Crippen LogP contribution in [0.4, 0.5) is 0 Å². The first-order valence-corrected chi connectivity index (χ1v) is 10.4. The molecule has 0 N–H and O–H groups in total. The highest BCUT2D eigenvalue weighted by Gasteiger charge is 2.44. The van der Waals surface area contributed by atoms with Gasteiger partial charge in [-0.05, 0) is 48.1 Å². The number of carbonyl (C=O) groups is 2. The van der Waals surface area contributed by atoms with Crippen molar-refractivity contribution in [1.82, 2.24) is 14.8 Å². The van der Waals surface area contributed by atoms with Gasteiger partial charge in [0, 0.05) is 46.7 Å². The van der Waals surface area contributed by atoms with Gasteiger partial charge in [-0.2, -0.15) is 0 Å². The van der Waals surface area contributed by atoms with Crippen LogP contribution < -0.4 is 0 Å². The molecule has 1 aromatic carbocycles. The van der Waals surface area contributed by atoms with Gasteiger partial charge in [-0.1, -0.05) is 24.3 Å². The van der Waals surface area contributed by atoms with Gasteiger partial charge in [-0.25, -0.2) is 0 Å². The molecule has 3 rings (SSSR count). The lowest BCUT2D eigenvalue weighted by Gasteiger charge is -2.43. The van der Waals surface area contributed by atoms with Crippen LogP contribution in [0.2, 0.25) is 0 Å². The van der Waals surface area contributed by atoms with Gasteiger partial charge < -0.3 is 14.5 Å². The van der Waals surface area contributed by atoms with Crippen molar-refractivity contribution in [3.8, 4) is 11.1 Å². The summed E-state index contributed by atoms with van der Waals surface area (Å²) in [4.78, 5) is 33.4. The van der Waals surface area contributed by atoms with Crippen LogP contribution in [0.15, 0.2) is 48.8 Å². The van der Waals surface area contributed by atoms with E-state index in [1.807, 2.05) is 17.0 Å². The minimum Gasteiger partial charge on any atom is -0.384 e. The third kappa shape index (κ3) is 5.05. The minimum absolute atomic E-state index is 0.0560. The Balaban J connectivity index is 1.82. The first-order chi connectivity index (χ1) is 14.4. The first kappa shape index (κ1) is 22.0. The second kappa shape index (κ2) is 9.85. The van der Waals surface area contributed by atoms with Gasteiger partial charge in [-0.3, -0.25) is 14.6 Å². The summed E-state index contributed by atoms with van der Waals surface area (Å²) in [5.41, 5.74) is 2.74. The molecule has 0 aliphatic carbocycles. The van der Waals surface area contributed by atoms with E-state index in [2.05, 4.69) is 29.2 Å². The Hall–Kier alpha value is -2.73. The highest BCUT2D eigenvalue weighted by molar-refractivity contribution is 5.85. The Bertz CT molecular complexity index is 852. The maximum atomic E-state index is 13.3. The zero-order valence-electron chi connectivity index (χ0n) is 18.1. The van der Waals surface area contributed by atoms with Crippen LogP contribution in [0.3, 0.4) is 0 Å². The number of nitrogens with zero attached hydrogens (tertiary/aromatic N) is 3. The average molecular weight is 410 g/mol. The van der Waals surface area contributed by atoms with E-state index in [-0.39, 0.29) is 11.8 Å². The molecule has 1 aliphatic rings. The average Bonchev–Trinajstić information content (AvgIpc) is 2.78. The maximum Gasteiger partial charge on any atom is 0.230 e. The molecule has 0 saturated carbocycles. The third-order valence-electron chi connectivity index (χ3n) is 5.82. The quantitative estimate of drug-likeness (QED) is 0.705. The van der Waals surface area contributed by atoms with Crippen LogP contribution in [0.5, 0.6) is 0 Å². The number of hydrogen-bond donors (Lipinski definition) is 0. The molecule has 1 aromatic heterocycles. The van der Waals surface area contributed by atoms with Crippen molar-refractivity contribution >= 4 is 11.8 Å². The van der Waals surface area contributed by atoms with Crippen LogP contribution in [0, 0.1) is 5.41 Å². The number of amides is 2. The number of benzene rings is 1. The second-order valence-corrected chi connectivity index (χ2v) is 8.25. The summed E-state index contributed by atoms with van der Waals surface area (Å²) < 4.78 is 5.06. The number of hydrogen-bond acceptors (Lipinski definition) is 4. The molecule has 1 saturated heterocycles. The topological polar surface area (TPSA) is 62.7 Å². The lowest BCUT2D eigenvalue weighted by atomic mass is 9.73. The predicted octanol–water partition coefficient (Wildman–Crippen LogP) is 3.02. The first-order valence-electron chi connectivity index (χ1n) is 10.4. The molecule has 2 amide bonds. The van der Waals surface area contributed by atoms with E-state index in [0.29, 0.717) is 32.5 Å². The van der Waals surface area contributed by atoms with Crippen LogP contribution in [-0.4, -0.2) is 67.5 Å². The highest BCUT2D eigenvalue weighted by Crippen LogP contribution is 2.36. The number of rotatable bonds is 7. The van der Waals surface area contributed by atoms with Gasteiger partial charge in [0.1, 0.15) is 0 Å². The van der Waals surface area contributed by atoms with Crippen molar-refractivity contribution in [1.29, 1.82) is 0 Å². The van der Waals surface area contributed by atoms with Crippen molar-refractivity contribution < 1.29 is 14.3 Å². The summed E-state index contributed by atoms with van der Waals surface area (Å²) in [6.07, 6.45) is 6.14. The van der Waals surface area contributed by atoms with E-state index in [0.717, 1.165) is 29.5 Å². The third-order valence-corrected chi connectivity index (χ3v) is 5.82. The molecule has 6 heteroatoms. The smallest absolute Gasteiger partial charge is 0.230 e. The maximum absolute atomic E-state index is 13.3. The van der Waals surface area contributed by atoms with Gasteiger partial charge in [-0.15, -0.1) is 0 Å². The van der Waals surface area contributed by atoms with Crippen LogP contribution in [0.25, 0.3) is 11.1 Å². The van der Waals surface area contributed by atoms with E-state index < -0.39 is 5.41 Å². The van der Waals surface area contributed by atoms with E-state index in [1.165, 1.54) is 0 Å². The molecule has 2 heterocycles. The van der Waals surface area contributed by atoms with E-state index in [1.54, 1.807) is 38.5 Å². The number of pyridine rings is 1. The number of methoxy groups -OCH3 is 1. The van der Waals surface area contributed by atoms with Gasteiger partial charge in [0.05, 0.1) is 18.4 Å². The molecular formula is C24H31N3O3. The standard InChI is InChI=1S/C24H31N3O3/c1-26(2)23(29)24(12-4-15-27(18-24)22(28)11-16-30-3)17-19-5-7-20(8-6-19)21-9-13-25-14-10-21/h5-10,13-14H,4,11-12,15-18H2,1-3H3/t24-/m1/s1. The fourth-order valence-corrected chi connectivity index (χ4v) is 4.31. The summed E-state index contributed by atoms with van der Waals surface area (Å²) >= 11 is 0. The second-order valence-electron chi connectivity index (χ2n) is 8.25. The van der Waals surface area contributed by atoms with Gasteiger partial charge in [0.2, 0.25) is 11.8 Å². The summed E-state index contributed by atoms with van der Waals surface area (Å²) in [7, 11) is 5.18. The molecule has 6 nitrogen and oxygen atoms in total. The number of carbonyl (C=O) groups excluding carboxylic acids is 2. The Morgan fingerprint density at radius 3 is 2.40 bits per heavy atom. The molecule has 30 heavy (non-hydrogen) atoms. The molecule has 1 fully saturated rings. The van der Waals surface area contributed by atoms with E-state index >= 15 is 0 Å². The Kier molecular flexibility index (Phi) is 7.21. The summed E-state index contributed by atoms with van der Waals surface area (Å²) in [5, 5.41) is 0. The zero-order valence-corrected chi connectivity index (χ0v) is 18.1. The molecule has 0 bridgehead atoms.